The first-order valence-electron chi connectivity index (χ1n) is 9.44. The van der Waals surface area contributed by atoms with Gasteiger partial charge in [0.15, 0.2) is 0 Å². The third-order valence-electron chi connectivity index (χ3n) is 4.67. The summed E-state index contributed by atoms with van der Waals surface area (Å²) in [5.41, 5.74) is 6.64. The van der Waals surface area contributed by atoms with Crippen molar-refractivity contribution in [3.05, 3.63) is 83.4 Å². The summed E-state index contributed by atoms with van der Waals surface area (Å²) in [6.45, 7) is -1.23. The number of rotatable bonds is 9. The second-order valence-corrected chi connectivity index (χ2v) is 9.14. The van der Waals surface area contributed by atoms with Crippen LogP contribution < -0.4 is 10.5 Å². The highest BCUT2D eigenvalue weighted by molar-refractivity contribution is 7.89. The number of nitrogens with two attached hydrogens (primary N) is 1. The van der Waals surface area contributed by atoms with E-state index in [0.717, 1.165) is 4.31 Å². The number of sulfonamides is 1. The van der Waals surface area contributed by atoms with Crippen LogP contribution in [0.25, 0.3) is 0 Å². The number of aliphatic carboxylic acids is 1. The summed E-state index contributed by atoms with van der Waals surface area (Å²) in [4.78, 5) is 11.5. The van der Waals surface area contributed by atoms with Crippen LogP contribution >= 0.6 is 11.6 Å². The molecule has 0 aliphatic rings. The van der Waals surface area contributed by atoms with Gasteiger partial charge < -0.3 is 20.7 Å². The Balaban J connectivity index is 1.92. The number of carboxylic acids is 1. The quantitative estimate of drug-likeness (QED) is 0.403. The number of para-hydroxylation sites is 1. The van der Waals surface area contributed by atoms with Gasteiger partial charge in [-0.2, -0.15) is 4.31 Å². The Kier molecular flexibility index (Phi) is 7.37. The standard InChI is InChI=1S/C22H21ClN2O6S/c23-16-5-7-17(8-6-16)31-18-9-11-19(12-10-18)32(29,30)25(21(14-26)22(27)28)13-15-3-1-2-4-20(15)24/h1-12,21,26H,13-14,24H2,(H,27,28). The lowest BCUT2D eigenvalue weighted by Crippen LogP contribution is -2.46. The number of nitrogens with zero attached hydrogens (tertiary/aromatic N) is 1. The molecular weight excluding hydrogens is 456 g/mol. The average molecular weight is 477 g/mol. The molecule has 0 heterocycles. The van der Waals surface area contributed by atoms with Crippen molar-refractivity contribution in [2.45, 2.75) is 17.5 Å². The Bertz CT molecular complexity index is 1180. The van der Waals surface area contributed by atoms with Crippen molar-refractivity contribution in [2.24, 2.45) is 0 Å². The van der Waals surface area contributed by atoms with Crippen LogP contribution in [0, 0.1) is 0 Å². The number of nitrogen functional groups attached to an aromatic ring is 1. The first kappa shape index (κ1) is 23.6. The summed E-state index contributed by atoms with van der Waals surface area (Å²) >= 11 is 5.85. The number of halogens is 1. The maximum Gasteiger partial charge on any atom is 0.324 e. The van der Waals surface area contributed by atoms with E-state index < -0.39 is 28.6 Å². The molecular formula is C22H21ClN2O6S. The topological polar surface area (TPSA) is 130 Å². The molecule has 1 atom stereocenters. The zero-order valence-electron chi connectivity index (χ0n) is 16.8. The Morgan fingerprint density at radius 1 is 1.00 bits per heavy atom. The summed E-state index contributed by atoms with van der Waals surface area (Å²) in [7, 11) is -4.30. The van der Waals surface area contributed by atoms with Gasteiger partial charge >= 0.3 is 5.97 Å². The van der Waals surface area contributed by atoms with E-state index in [0.29, 0.717) is 27.8 Å². The molecule has 0 bridgehead atoms. The van der Waals surface area contributed by atoms with Gasteiger partial charge in [-0.05, 0) is 60.2 Å². The molecule has 168 valence electrons. The van der Waals surface area contributed by atoms with Gasteiger partial charge in [-0.15, -0.1) is 0 Å². The number of carbonyl (C=O) groups is 1. The maximum atomic E-state index is 13.3. The molecule has 1 unspecified atom stereocenters. The number of carboxylic acid groups (broad SMARTS) is 1. The minimum atomic E-state index is -4.30. The van der Waals surface area contributed by atoms with Gasteiger partial charge in [-0.25, -0.2) is 8.42 Å². The monoisotopic (exact) mass is 476 g/mol. The predicted octanol–water partition coefficient (Wildman–Crippen LogP) is 3.35. The first-order chi connectivity index (χ1) is 15.2. The van der Waals surface area contributed by atoms with Gasteiger partial charge in [-0.3, -0.25) is 4.79 Å². The number of anilines is 1. The zero-order valence-corrected chi connectivity index (χ0v) is 18.3. The normalized spacial score (nSPS) is 12.5. The molecule has 0 spiro atoms. The highest BCUT2D eigenvalue weighted by Gasteiger charge is 2.36. The molecule has 3 aromatic rings. The van der Waals surface area contributed by atoms with E-state index in [2.05, 4.69) is 0 Å². The van der Waals surface area contributed by atoms with Crippen molar-refractivity contribution in [1.82, 2.24) is 4.31 Å². The SMILES string of the molecule is Nc1ccccc1CN(C(CO)C(=O)O)S(=O)(=O)c1ccc(Oc2ccc(Cl)cc2)cc1. The lowest BCUT2D eigenvalue weighted by atomic mass is 10.1. The molecule has 3 rings (SSSR count). The number of aliphatic hydroxyl groups is 1. The summed E-state index contributed by atoms with van der Waals surface area (Å²) in [5.74, 6) is -0.590. The van der Waals surface area contributed by atoms with Crippen LogP contribution in [0.2, 0.25) is 5.02 Å². The largest absolute Gasteiger partial charge is 0.480 e. The molecule has 10 heteroatoms. The zero-order chi connectivity index (χ0) is 23.3. The van der Waals surface area contributed by atoms with E-state index in [-0.39, 0.29) is 11.4 Å². The Morgan fingerprint density at radius 2 is 1.56 bits per heavy atom. The molecule has 32 heavy (non-hydrogen) atoms. The fourth-order valence-corrected chi connectivity index (χ4v) is 4.63. The van der Waals surface area contributed by atoms with E-state index in [9.17, 15) is 23.4 Å². The van der Waals surface area contributed by atoms with E-state index in [1.807, 2.05) is 0 Å². The first-order valence-corrected chi connectivity index (χ1v) is 11.3. The van der Waals surface area contributed by atoms with Crippen LogP contribution in [0.1, 0.15) is 5.56 Å². The van der Waals surface area contributed by atoms with E-state index >= 15 is 0 Å². The Labute approximate surface area is 190 Å². The predicted molar refractivity (Wildman–Crippen MR) is 120 cm³/mol. The second kappa shape index (κ2) is 10.0. The average Bonchev–Trinajstić information content (AvgIpc) is 2.76. The highest BCUT2D eigenvalue weighted by Crippen LogP contribution is 2.27. The van der Waals surface area contributed by atoms with Crippen LogP contribution in [0.3, 0.4) is 0 Å². The van der Waals surface area contributed by atoms with Crippen LogP contribution in [0.5, 0.6) is 11.5 Å². The van der Waals surface area contributed by atoms with Crippen molar-refractivity contribution in [2.75, 3.05) is 12.3 Å². The number of benzene rings is 3. The molecule has 0 aliphatic carbocycles. The van der Waals surface area contributed by atoms with Crippen molar-refractivity contribution in [3.8, 4) is 11.5 Å². The van der Waals surface area contributed by atoms with Crippen LogP contribution in [0.4, 0.5) is 5.69 Å². The van der Waals surface area contributed by atoms with Gasteiger partial charge in [0.25, 0.3) is 0 Å². The third kappa shape index (κ3) is 5.38. The lowest BCUT2D eigenvalue weighted by Gasteiger charge is -2.27. The molecule has 0 fully saturated rings. The molecule has 3 aromatic carbocycles. The highest BCUT2D eigenvalue weighted by atomic mass is 35.5. The fraction of sp³-hybridized carbons (Fsp3) is 0.136. The minimum Gasteiger partial charge on any atom is -0.480 e. The Morgan fingerprint density at radius 3 is 2.09 bits per heavy atom. The number of hydrogen-bond acceptors (Lipinski definition) is 6. The minimum absolute atomic E-state index is 0.157. The van der Waals surface area contributed by atoms with Gasteiger partial charge in [-0.1, -0.05) is 29.8 Å². The number of ether oxygens (including phenoxy) is 1. The summed E-state index contributed by atoms with van der Waals surface area (Å²) in [5, 5.41) is 19.7. The molecule has 0 aliphatic heterocycles. The molecule has 0 amide bonds. The van der Waals surface area contributed by atoms with Gasteiger partial charge in [0, 0.05) is 17.3 Å². The summed E-state index contributed by atoms with van der Waals surface area (Å²) < 4.78 is 33.0. The molecule has 0 saturated carbocycles. The van der Waals surface area contributed by atoms with Crippen molar-refractivity contribution in [3.63, 3.8) is 0 Å². The lowest BCUT2D eigenvalue weighted by molar-refractivity contribution is -0.142. The van der Waals surface area contributed by atoms with Crippen molar-refractivity contribution < 1.29 is 28.2 Å². The van der Waals surface area contributed by atoms with Gasteiger partial charge in [0.2, 0.25) is 10.0 Å². The molecule has 0 saturated heterocycles. The number of hydrogen-bond donors (Lipinski definition) is 3. The molecule has 0 aromatic heterocycles. The van der Waals surface area contributed by atoms with Crippen LogP contribution in [0.15, 0.2) is 77.7 Å². The van der Waals surface area contributed by atoms with Crippen molar-refractivity contribution in [1.29, 1.82) is 0 Å². The van der Waals surface area contributed by atoms with E-state index in [1.54, 1.807) is 48.5 Å². The summed E-state index contributed by atoms with van der Waals surface area (Å²) in [6.07, 6.45) is 0. The van der Waals surface area contributed by atoms with Crippen LogP contribution in [-0.2, 0) is 21.4 Å². The number of aliphatic hydroxyl groups excluding tert-OH is 1. The van der Waals surface area contributed by atoms with Crippen molar-refractivity contribution >= 4 is 33.3 Å². The van der Waals surface area contributed by atoms with Gasteiger partial charge in [0.1, 0.15) is 17.5 Å². The van der Waals surface area contributed by atoms with E-state index in [4.69, 9.17) is 22.1 Å². The third-order valence-corrected chi connectivity index (χ3v) is 6.79. The molecule has 4 N–H and O–H groups in total. The maximum absolute atomic E-state index is 13.3. The van der Waals surface area contributed by atoms with E-state index in [1.165, 1.54) is 24.3 Å². The van der Waals surface area contributed by atoms with Crippen LogP contribution in [-0.4, -0.2) is 41.6 Å². The van der Waals surface area contributed by atoms with Gasteiger partial charge in [0.05, 0.1) is 11.5 Å². The second-order valence-electron chi connectivity index (χ2n) is 6.81. The fourth-order valence-electron chi connectivity index (χ4n) is 2.95. The Hall–Kier alpha value is -3.11. The molecule has 0 radical (unpaired) electrons. The smallest absolute Gasteiger partial charge is 0.324 e. The molecule has 8 nitrogen and oxygen atoms in total. The summed E-state index contributed by atoms with van der Waals surface area (Å²) in [6, 6.07) is 17.0.